The second kappa shape index (κ2) is 6.10. The van der Waals surface area contributed by atoms with Crippen molar-refractivity contribution in [3.05, 3.63) is 35.4 Å². The molecule has 0 saturated carbocycles. The van der Waals surface area contributed by atoms with E-state index in [1.54, 1.807) is 31.2 Å². The van der Waals surface area contributed by atoms with Crippen LogP contribution in [0.1, 0.15) is 24.5 Å². The number of hydrogen-bond donors (Lipinski definition) is 1. The number of halogens is 2. The fourth-order valence-electron chi connectivity index (χ4n) is 2.08. The maximum Gasteiger partial charge on any atom is 0.317 e. The molecule has 0 radical (unpaired) electrons. The predicted octanol–water partition coefficient (Wildman–Crippen LogP) is 2.65. The maximum absolute atomic E-state index is 13.1. The van der Waals surface area contributed by atoms with E-state index in [-0.39, 0.29) is 12.0 Å². The average Bonchev–Trinajstić information content (AvgIpc) is 2.38. The van der Waals surface area contributed by atoms with Gasteiger partial charge < -0.3 is 9.84 Å². The van der Waals surface area contributed by atoms with Gasteiger partial charge in [0.25, 0.3) is 6.43 Å². The number of carbonyl (C=O) groups excluding carboxylic acids is 1. The highest BCUT2D eigenvalue weighted by molar-refractivity contribution is 5.74. The SMILES string of the molecule is CCC(O)(c1ccc(C)cc1)C(C(=O)OC)C(F)F. The quantitative estimate of drug-likeness (QED) is 0.838. The summed E-state index contributed by atoms with van der Waals surface area (Å²) in [5.41, 5.74) is -0.709. The summed E-state index contributed by atoms with van der Waals surface area (Å²) in [5.74, 6) is -3.01. The Bertz CT molecular complexity index is 431. The molecule has 0 aliphatic heterocycles. The lowest BCUT2D eigenvalue weighted by Crippen LogP contribution is -2.44. The molecule has 0 amide bonds. The average molecular weight is 272 g/mol. The summed E-state index contributed by atoms with van der Waals surface area (Å²) in [5, 5.41) is 10.5. The van der Waals surface area contributed by atoms with Gasteiger partial charge in [-0.05, 0) is 18.9 Å². The molecule has 0 aliphatic carbocycles. The lowest BCUT2D eigenvalue weighted by molar-refractivity contribution is -0.170. The highest BCUT2D eigenvalue weighted by atomic mass is 19.3. The molecule has 19 heavy (non-hydrogen) atoms. The molecule has 0 saturated heterocycles. The van der Waals surface area contributed by atoms with Crippen molar-refractivity contribution in [1.29, 1.82) is 0 Å². The van der Waals surface area contributed by atoms with Gasteiger partial charge in [-0.1, -0.05) is 36.8 Å². The van der Waals surface area contributed by atoms with Gasteiger partial charge in [0, 0.05) is 0 Å². The van der Waals surface area contributed by atoms with Gasteiger partial charge >= 0.3 is 5.97 Å². The van der Waals surface area contributed by atoms with E-state index in [2.05, 4.69) is 4.74 Å². The van der Waals surface area contributed by atoms with Crippen molar-refractivity contribution in [2.45, 2.75) is 32.3 Å². The summed E-state index contributed by atoms with van der Waals surface area (Å²) in [6.07, 6.45) is -3.01. The molecule has 0 aromatic heterocycles. The van der Waals surface area contributed by atoms with Gasteiger partial charge in [0.15, 0.2) is 5.92 Å². The molecule has 0 spiro atoms. The molecule has 1 aromatic carbocycles. The lowest BCUT2D eigenvalue weighted by atomic mass is 9.79. The van der Waals surface area contributed by atoms with Crippen LogP contribution in [0.15, 0.2) is 24.3 Å². The van der Waals surface area contributed by atoms with Crippen molar-refractivity contribution in [3.63, 3.8) is 0 Å². The number of alkyl halides is 2. The third-order valence-corrected chi connectivity index (χ3v) is 3.31. The number of hydrogen-bond acceptors (Lipinski definition) is 3. The molecule has 1 N–H and O–H groups in total. The van der Waals surface area contributed by atoms with E-state index in [1.807, 2.05) is 6.92 Å². The number of aryl methyl sites for hydroxylation is 1. The Kier molecular flexibility index (Phi) is 5.00. The number of aliphatic hydroxyl groups is 1. The lowest BCUT2D eigenvalue weighted by Gasteiger charge is -2.33. The Hall–Kier alpha value is -1.49. The molecule has 1 aromatic rings. The largest absolute Gasteiger partial charge is 0.469 e. The van der Waals surface area contributed by atoms with Crippen molar-refractivity contribution in [3.8, 4) is 0 Å². The third-order valence-electron chi connectivity index (χ3n) is 3.31. The summed E-state index contributed by atoms with van der Waals surface area (Å²) < 4.78 is 30.6. The van der Waals surface area contributed by atoms with Crippen LogP contribution in [0.3, 0.4) is 0 Å². The second-order valence-electron chi connectivity index (χ2n) is 4.48. The van der Waals surface area contributed by atoms with Crippen LogP contribution < -0.4 is 0 Å². The van der Waals surface area contributed by atoms with Crippen LogP contribution in [0.25, 0.3) is 0 Å². The second-order valence-corrected chi connectivity index (χ2v) is 4.48. The van der Waals surface area contributed by atoms with E-state index in [9.17, 15) is 18.7 Å². The molecule has 106 valence electrons. The van der Waals surface area contributed by atoms with Gasteiger partial charge in [-0.3, -0.25) is 4.79 Å². The van der Waals surface area contributed by atoms with E-state index in [0.29, 0.717) is 0 Å². The Morgan fingerprint density at radius 1 is 1.37 bits per heavy atom. The van der Waals surface area contributed by atoms with E-state index >= 15 is 0 Å². The minimum absolute atomic E-state index is 0.0137. The highest BCUT2D eigenvalue weighted by Gasteiger charge is 2.48. The summed E-state index contributed by atoms with van der Waals surface area (Å²) in [7, 11) is 1.03. The van der Waals surface area contributed by atoms with E-state index in [4.69, 9.17) is 0 Å². The predicted molar refractivity (Wildman–Crippen MR) is 66.9 cm³/mol. The van der Waals surface area contributed by atoms with Crippen LogP contribution in [0.2, 0.25) is 0 Å². The first kappa shape index (κ1) is 15.6. The Labute approximate surface area is 111 Å². The minimum atomic E-state index is -3.00. The number of methoxy groups -OCH3 is 1. The fourth-order valence-corrected chi connectivity index (χ4v) is 2.08. The number of ether oxygens (including phenoxy) is 1. The Balaban J connectivity index is 3.26. The molecule has 0 aliphatic rings. The van der Waals surface area contributed by atoms with Crippen LogP contribution in [-0.2, 0) is 15.1 Å². The van der Waals surface area contributed by atoms with Crippen molar-refractivity contribution < 1.29 is 23.4 Å². The fraction of sp³-hybridized carbons (Fsp3) is 0.500. The van der Waals surface area contributed by atoms with Crippen molar-refractivity contribution in [2.24, 2.45) is 5.92 Å². The van der Waals surface area contributed by atoms with Gasteiger partial charge in [-0.25, -0.2) is 8.78 Å². The number of esters is 1. The number of benzene rings is 1. The summed E-state index contributed by atoms with van der Waals surface area (Å²) in [6.45, 7) is 3.40. The van der Waals surface area contributed by atoms with E-state index in [1.165, 1.54) is 0 Å². The number of rotatable bonds is 5. The molecular weight excluding hydrogens is 254 g/mol. The van der Waals surface area contributed by atoms with Crippen LogP contribution >= 0.6 is 0 Å². The molecule has 0 bridgehead atoms. The van der Waals surface area contributed by atoms with Gasteiger partial charge in [0.2, 0.25) is 0 Å². The molecule has 0 fully saturated rings. The molecule has 3 nitrogen and oxygen atoms in total. The van der Waals surface area contributed by atoms with E-state index in [0.717, 1.165) is 12.7 Å². The molecule has 2 unspecified atom stereocenters. The highest BCUT2D eigenvalue weighted by Crippen LogP contribution is 2.37. The smallest absolute Gasteiger partial charge is 0.317 e. The van der Waals surface area contributed by atoms with Gasteiger partial charge in [0.05, 0.1) is 7.11 Å². The monoisotopic (exact) mass is 272 g/mol. The summed E-state index contributed by atoms with van der Waals surface area (Å²) in [6, 6.07) is 6.51. The third kappa shape index (κ3) is 3.10. The van der Waals surface area contributed by atoms with Crippen molar-refractivity contribution in [2.75, 3.05) is 7.11 Å². The standard InChI is InChI=1S/C14H18F2O3/c1-4-14(18,10-7-5-9(2)6-8-10)11(12(15)16)13(17)19-3/h5-8,11-12,18H,4H2,1-3H3. The van der Waals surface area contributed by atoms with Crippen molar-refractivity contribution in [1.82, 2.24) is 0 Å². The zero-order valence-corrected chi connectivity index (χ0v) is 11.2. The Morgan fingerprint density at radius 2 is 1.89 bits per heavy atom. The number of carbonyl (C=O) groups is 1. The van der Waals surface area contributed by atoms with Crippen LogP contribution in [0, 0.1) is 12.8 Å². The van der Waals surface area contributed by atoms with Crippen LogP contribution in [0.5, 0.6) is 0 Å². The minimum Gasteiger partial charge on any atom is -0.469 e. The molecular formula is C14H18F2O3. The van der Waals surface area contributed by atoms with Gasteiger partial charge in [-0.2, -0.15) is 0 Å². The maximum atomic E-state index is 13.1. The van der Waals surface area contributed by atoms with Gasteiger partial charge in [0.1, 0.15) is 5.60 Å². The summed E-state index contributed by atoms with van der Waals surface area (Å²) >= 11 is 0. The first-order valence-electron chi connectivity index (χ1n) is 6.02. The van der Waals surface area contributed by atoms with E-state index < -0.39 is 23.9 Å². The zero-order chi connectivity index (χ0) is 14.6. The molecule has 5 heteroatoms. The van der Waals surface area contributed by atoms with Gasteiger partial charge in [-0.15, -0.1) is 0 Å². The summed E-state index contributed by atoms with van der Waals surface area (Å²) in [4.78, 5) is 11.5. The Morgan fingerprint density at radius 3 is 2.26 bits per heavy atom. The first-order valence-corrected chi connectivity index (χ1v) is 6.02. The van der Waals surface area contributed by atoms with Crippen LogP contribution in [0.4, 0.5) is 8.78 Å². The van der Waals surface area contributed by atoms with Crippen LogP contribution in [-0.4, -0.2) is 24.6 Å². The molecule has 0 heterocycles. The normalized spacial score (nSPS) is 15.9. The molecule has 1 rings (SSSR count). The topological polar surface area (TPSA) is 46.5 Å². The van der Waals surface area contributed by atoms with Crippen molar-refractivity contribution >= 4 is 5.97 Å². The zero-order valence-electron chi connectivity index (χ0n) is 11.2. The first-order chi connectivity index (χ1) is 8.86. The molecule has 2 atom stereocenters.